The first kappa shape index (κ1) is 12.5. The molecule has 1 aromatic carbocycles. The van der Waals surface area contributed by atoms with Gasteiger partial charge in [0, 0.05) is 11.8 Å². The van der Waals surface area contributed by atoms with E-state index in [1.807, 2.05) is 0 Å². The molecular weight excluding hydrogens is 233 g/mol. The van der Waals surface area contributed by atoms with Crippen LogP contribution in [0.2, 0.25) is 0 Å². The number of nitrogens with zero attached hydrogens (tertiary/aromatic N) is 1. The van der Waals surface area contributed by atoms with Gasteiger partial charge in [-0.1, -0.05) is 12.1 Å². The van der Waals surface area contributed by atoms with E-state index in [4.69, 9.17) is 4.74 Å². The maximum Gasteiger partial charge on any atom is 0.141 e. The monoisotopic (exact) mass is 247 g/mol. The zero-order chi connectivity index (χ0) is 13.0. The highest BCUT2D eigenvalue weighted by Gasteiger charge is 2.01. The summed E-state index contributed by atoms with van der Waals surface area (Å²) in [6.45, 7) is 1.97. The normalized spacial score (nSPS) is 12.2. The third-order valence-electron chi connectivity index (χ3n) is 2.53. The molecule has 1 aromatic heterocycles. The van der Waals surface area contributed by atoms with Gasteiger partial charge < -0.3 is 9.84 Å². The minimum absolute atomic E-state index is 0.263. The Hall–Kier alpha value is -1.94. The van der Waals surface area contributed by atoms with Crippen LogP contribution in [0.4, 0.5) is 4.39 Å². The van der Waals surface area contributed by atoms with Crippen LogP contribution in [-0.4, -0.2) is 10.1 Å². The highest BCUT2D eigenvalue weighted by Crippen LogP contribution is 2.18. The van der Waals surface area contributed by atoms with Gasteiger partial charge in [-0.05, 0) is 30.7 Å². The molecule has 0 spiro atoms. The van der Waals surface area contributed by atoms with Crippen molar-refractivity contribution in [2.24, 2.45) is 0 Å². The van der Waals surface area contributed by atoms with Gasteiger partial charge in [0.2, 0.25) is 0 Å². The highest BCUT2D eigenvalue weighted by molar-refractivity contribution is 5.28. The average molecular weight is 247 g/mol. The summed E-state index contributed by atoms with van der Waals surface area (Å²) in [4.78, 5) is 3.75. The maximum atomic E-state index is 12.9. The fraction of sp³-hybridized carbons (Fsp3) is 0.214. The van der Waals surface area contributed by atoms with Crippen LogP contribution in [0.15, 0.2) is 42.7 Å². The molecule has 0 saturated heterocycles. The molecule has 0 aliphatic carbocycles. The first-order valence-electron chi connectivity index (χ1n) is 5.65. The van der Waals surface area contributed by atoms with Crippen molar-refractivity contribution in [2.45, 2.75) is 19.6 Å². The zero-order valence-electron chi connectivity index (χ0n) is 10.0. The standard InChI is InChI=1S/C14H14FNO2/c1-10(17)12-2-4-14(5-3-12)18-9-11-6-13(15)8-16-7-11/h2-8,10,17H,9H2,1H3. The molecule has 94 valence electrons. The van der Waals surface area contributed by atoms with E-state index in [1.54, 1.807) is 37.4 Å². The lowest BCUT2D eigenvalue weighted by atomic mass is 10.1. The Morgan fingerprint density at radius 1 is 1.28 bits per heavy atom. The zero-order valence-corrected chi connectivity index (χ0v) is 10.0. The van der Waals surface area contributed by atoms with Crippen LogP contribution in [0, 0.1) is 5.82 Å². The third-order valence-corrected chi connectivity index (χ3v) is 2.53. The molecule has 0 bridgehead atoms. The van der Waals surface area contributed by atoms with Gasteiger partial charge in [-0.2, -0.15) is 0 Å². The third kappa shape index (κ3) is 3.28. The van der Waals surface area contributed by atoms with Crippen LogP contribution in [0.3, 0.4) is 0 Å². The Bertz CT molecular complexity index is 511. The Balaban J connectivity index is 1.98. The molecule has 2 rings (SSSR count). The van der Waals surface area contributed by atoms with Crippen LogP contribution in [0.1, 0.15) is 24.2 Å². The van der Waals surface area contributed by atoms with Gasteiger partial charge in [0.25, 0.3) is 0 Å². The van der Waals surface area contributed by atoms with E-state index in [1.165, 1.54) is 6.07 Å². The number of benzene rings is 1. The second-order valence-corrected chi connectivity index (χ2v) is 4.05. The second kappa shape index (κ2) is 5.60. The Morgan fingerprint density at radius 3 is 2.61 bits per heavy atom. The van der Waals surface area contributed by atoms with E-state index < -0.39 is 6.10 Å². The minimum Gasteiger partial charge on any atom is -0.489 e. The lowest BCUT2D eigenvalue weighted by Crippen LogP contribution is -1.97. The second-order valence-electron chi connectivity index (χ2n) is 4.05. The van der Waals surface area contributed by atoms with Crippen molar-refractivity contribution in [1.29, 1.82) is 0 Å². The highest BCUT2D eigenvalue weighted by atomic mass is 19.1. The van der Waals surface area contributed by atoms with E-state index >= 15 is 0 Å². The molecule has 0 radical (unpaired) electrons. The summed E-state index contributed by atoms with van der Waals surface area (Å²) in [5, 5.41) is 9.36. The first-order chi connectivity index (χ1) is 8.65. The SMILES string of the molecule is CC(O)c1ccc(OCc2cncc(F)c2)cc1. The van der Waals surface area contributed by atoms with Crippen LogP contribution >= 0.6 is 0 Å². The number of aliphatic hydroxyl groups is 1. The molecular formula is C14H14FNO2. The summed E-state index contributed by atoms with van der Waals surface area (Å²) < 4.78 is 18.4. The summed E-state index contributed by atoms with van der Waals surface area (Å²) >= 11 is 0. The molecule has 0 aliphatic heterocycles. The summed E-state index contributed by atoms with van der Waals surface area (Å²) in [5.74, 6) is 0.296. The van der Waals surface area contributed by atoms with Gasteiger partial charge in [-0.25, -0.2) is 4.39 Å². The molecule has 1 atom stereocenters. The lowest BCUT2D eigenvalue weighted by molar-refractivity contribution is 0.199. The summed E-state index contributed by atoms with van der Waals surface area (Å²) in [6.07, 6.45) is 2.22. The van der Waals surface area contributed by atoms with Gasteiger partial charge in [0.05, 0.1) is 12.3 Å². The van der Waals surface area contributed by atoms with Crippen LogP contribution in [0.25, 0.3) is 0 Å². The van der Waals surface area contributed by atoms with Crippen molar-refractivity contribution in [3.8, 4) is 5.75 Å². The summed E-state index contributed by atoms with van der Waals surface area (Å²) in [6, 6.07) is 8.52. The van der Waals surface area contributed by atoms with Crippen LogP contribution in [0.5, 0.6) is 5.75 Å². The van der Waals surface area contributed by atoms with E-state index in [2.05, 4.69) is 4.98 Å². The number of halogens is 1. The van der Waals surface area contributed by atoms with Gasteiger partial charge >= 0.3 is 0 Å². The largest absolute Gasteiger partial charge is 0.489 e. The van der Waals surface area contributed by atoms with Crippen LogP contribution < -0.4 is 4.74 Å². The average Bonchev–Trinajstić information content (AvgIpc) is 2.37. The molecule has 1 N–H and O–H groups in total. The van der Waals surface area contributed by atoms with Crippen molar-refractivity contribution in [1.82, 2.24) is 4.98 Å². The molecule has 18 heavy (non-hydrogen) atoms. The predicted molar refractivity (Wildman–Crippen MR) is 65.6 cm³/mol. The van der Waals surface area contributed by atoms with E-state index in [0.717, 1.165) is 11.8 Å². The number of hydrogen-bond acceptors (Lipinski definition) is 3. The van der Waals surface area contributed by atoms with Crippen molar-refractivity contribution < 1.29 is 14.2 Å². The molecule has 0 amide bonds. The van der Waals surface area contributed by atoms with E-state index in [0.29, 0.717) is 11.3 Å². The number of pyridine rings is 1. The molecule has 0 saturated carbocycles. The van der Waals surface area contributed by atoms with Crippen molar-refractivity contribution >= 4 is 0 Å². The molecule has 1 unspecified atom stereocenters. The number of hydrogen-bond donors (Lipinski definition) is 1. The Morgan fingerprint density at radius 2 is 2.00 bits per heavy atom. The number of aliphatic hydroxyl groups excluding tert-OH is 1. The smallest absolute Gasteiger partial charge is 0.141 e. The molecule has 4 heteroatoms. The maximum absolute atomic E-state index is 12.9. The van der Waals surface area contributed by atoms with Crippen LogP contribution in [-0.2, 0) is 6.61 Å². The van der Waals surface area contributed by atoms with Gasteiger partial charge in [0.1, 0.15) is 18.2 Å². The number of ether oxygens (including phenoxy) is 1. The molecule has 0 aliphatic rings. The Labute approximate surface area is 105 Å². The molecule has 0 fully saturated rings. The van der Waals surface area contributed by atoms with E-state index in [9.17, 15) is 9.50 Å². The lowest BCUT2D eigenvalue weighted by Gasteiger charge is -2.08. The fourth-order valence-electron chi connectivity index (χ4n) is 1.54. The van der Waals surface area contributed by atoms with Crippen molar-refractivity contribution in [3.63, 3.8) is 0 Å². The van der Waals surface area contributed by atoms with Crippen molar-refractivity contribution in [2.75, 3.05) is 0 Å². The quantitative estimate of drug-likeness (QED) is 0.903. The number of aromatic nitrogens is 1. The molecule has 2 aromatic rings. The summed E-state index contributed by atoms with van der Waals surface area (Å²) in [7, 11) is 0. The fourth-order valence-corrected chi connectivity index (χ4v) is 1.54. The predicted octanol–water partition coefficient (Wildman–Crippen LogP) is 2.85. The first-order valence-corrected chi connectivity index (χ1v) is 5.65. The number of rotatable bonds is 4. The Kier molecular flexibility index (Phi) is 3.89. The van der Waals surface area contributed by atoms with Gasteiger partial charge in [0.15, 0.2) is 0 Å². The van der Waals surface area contributed by atoms with Crippen molar-refractivity contribution in [3.05, 3.63) is 59.7 Å². The minimum atomic E-state index is -0.494. The summed E-state index contributed by atoms with van der Waals surface area (Å²) in [5.41, 5.74) is 1.50. The molecule has 3 nitrogen and oxygen atoms in total. The van der Waals surface area contributed by atoms with Gasteiger partial charge in [-0.15, -0.1) is 0 Å². The van der Waals surface area contributed by atoms with Gasteiger partial charge in [-0.3, -0.25) is 4.98 Å². The van der Waals surface area contributed by atoms with E-state index in [-0.39, 0.29) is 12.4 Å². The molecule has 1 heterocycles. The topological polar surface area (TPSA) is 42.4 Å².